The van der Waals surface area contributed by atoms with Crippen LogP contribution in [0.15, 0.2) is 36.4 Å². The van der Waals surface area contributed by atoms with Crippen molar-refractivity contribution >= 4 is 12.6 Å². The fourth-order valence-corrected chi connectivity index (χ4v) is 10.4. The third kappa shape index (κ3) is 2.65. The molecule has 2 aromatic carbocycles. The van der Waals surface area contributed by atoms with Crippen LogP contribution in [-0.2, 0) is 0 Å². The lowest BCUT2D eigenvalue weighted by molar-refractivity contribution is 0.394. The van der Waals surface area contributed by atoms with Gasteiger partial charge in [-0.1, -0.05) is 18.2 Å². The maximum atomic E-state index is 6.35. The Morgan fingerprint density at radius 2 is 1.54 bits per heavy atom. The number of ether oxygens (including phenoxy) is 2. The van der Waals surface area contributed by atoms with Gasteiger partial charge >= 0.3 is 0 Å². The molecule has 2 nitrogen and oxygen atoms in total. The number of aryl methyl sites for hydroxylation is 1. The summed E-state index contributed by atoms with van der Waals surface area (Å²) in [7, 11) is 0.122. The van der Waals surface area contributed by atoms with Crippen LogP contribution in [0.2, 0.25) is 0 Å². The molecule has 0 amide bonds. The van der Waals surface area contributed by atoms with Crippen molar-refractivity contribution in [2.75, 3.05) is 13.5 Å². The molecule has 1 heterocycles. The van der Waals surface area contributed by atoms with Crippen molar-refractivity contribution in [3.8, 4) is 22.6 Å². The molecule has 0 spiro atoms. The molecule has 0 atom stereocenters. The summed E-state index contributed by atoms with van der Waals surface area (Å²) < 4.78 is 12.1. The lowest BCUT2D eigenvalue weighted by atomic mass is 9.99. The van der Waals surface area contributed by atoms with E-state index in [0.29, 0.717) is 0 Å². The molecule has 3 rings (SSSR count). The Morgan fingerprint density at radius 1 is 0.923 bits per heavy atom. The van der Waals surface area contributed by atoms with Gasteiger partial charge in [-0.15, -0.1) is 0 Å². The Bertz CT molecular complexity index is 811. The Balaban J connectivity index is 2.42. The third-order valence-electron chi connectivity index (χ3n) is 5.81. The minimum absolute atomic E-state index is 0.155. The average molecular weight is 371 g/mol. The molecule has 0 fully saturated rings. The second kappa shape index (κ2) is 6.27. The molecule has 0 saturated carbocycles. The number of methoxy groups -OCH3 is 1. The zero-order valence-corrected chi connectivity index (χ0v) is 18.3. The lowest BCUT2D eigenvalue weighted by Gasteiger charge is -2.43. The first kappa shape index (κ1) is 19.2. The van der Waals surface area contributed by atoms with Crippen molar-refractivity contribution in [3.63, 3.8) is 0 Å². The summed E-state index contributed by atoms with van der Waals surface area (Å²) in [5, 5.41) is 1.75. The summed E-state index contributed by atoms with van der Waals surface area (Å²) in [4.78, 5) is 0. The molecule has 26 heavy (non-hydrogen) atoms. The minimum atomic E-state index is -1.64. The lowest BCUT2D eigenvalue weighted by Crippen LogP contribution is -2.40. The summed E-state index contributed by atoms with van der Waals surface area (Å²) in [5.41, 5.74) is 3.73. The highest BCUT2D eigenvalue weighted by atomic mass is 31.2. The Hall–Kier alpha value is -1.53. The quantitative estimate of drug-likeness (QED) is 0.580. The Morgan fingerprint density at radius 3 is 2.12 bits per heavy atom. The van der Waals surface area contributed by atoms with Crippen LogP contribution in [0.5, 0.6) is 11.5 Å². The third-order valence-corrected chi connectivity index (χ3v) is 12.1. The van der Waals surface area contributed by atoms with Gasteiger partial charge in [0.25, 0.3) is 0 Å². The molecule has 0 aliphatic carbocycles. The summed E-state index contributed by atoms with van der Waals surface area (Å²) in [6.07, 6.45) is 0.820. The number of rotatable bonds is 2. The van der Waals surface area contributed by atoms with Gasteiger partial charge in [-0.25, -0.2) is 0 Å². The van der Waals surface area contributed by atoms with Crippen molar-refractivity contribution in [2.24, 2.45) is 0 Å². The normalized spacial score (nSPS) is 16.2. The van der Waals surface area contributed by atoms with Crippen LogP contribution in [0.4, 0.5) is 0 Å². The van der Waals surface area contributed by atoms with Gasteiger partial charge in [0, 0.05) is 11.1 Å². The zero-order chi connectivity index (χ0) is 19.3. The van der Waals surface area contributed by atoms with Crippen molar-refractivity contribution in [1.29, 1.82) is 0 Å². The number of benzene rings is 2. The zero-order valence-electron chi connectivity index (χ0n) is 17.4. The first-order chi connectivity index (χ1) is 12.0. The van der Waals surface area contributed by atoms with E-state index in [0.717, 1.165) is 17.8 Å². The van der Waals surface area contributed by atoms with Crippen molar-refractivity contribution in [1.82, 2.24) is 0 Å². The highest BCUT2D eigenvalue weighted by Gasteiger charge is 2.65. The standard InChI is InChI=1S/C23H32O2P/c1-16-11-9-13-18(24-8)20(16)17-12-10-14-19-21(17)26(15-25-19,22(2,3)4)23(5,6)7/h9-14H,15H2,1-8H3/q+1. The number of fused-ring (bicyclic) bond motifs is 1. The van der Waals surface area contributed by atoms with Crippen LogP contribution in [0.3, 0.4) is 0 Å². The minimum Gasteiger partial charge on any atom is -0.496 e. The molecular formula is C23H32O2P+. The molecule has 0 aromatic heterocycles. The Kier molecular flexibility index (Phi) is 4.64. The molecule has 0 saturated heterocycles. The molecule has 1 aliphatic rings. The van der Waals surface area contributed by atoms with E-state index in [-0.39, 0.29) is 10.3 Å². The predicted molar refractivity (Wildman–Crippen MR) is 115 cm³/mol. The fourth-order valence-electron chi connectivity index (χ4n) is 4.69. The average Bonchev–Trinajstić information content (AvgIpc) is 2.95. The van der Waals surface area contributed by atoms with Gasteiger partial charge in [0.2, 0.25) is 6.35 Å². The van der Waals surface area contributed by atoms with Crippen molar-refractivity contribution in [2.45, 2.75) is 58.8 Å². The van der Waals surface area contributed by atoms with Gasteiger partial charge in [0.15, 0.2) is 5.75 Å². The van der Waals surface area contributed by atoms with E-state index in [1.807, 2.05) is 0 Å². The van der Waals surface area contributed by atoms with Gasteiger partial charge in [0.05, 0.1) is 17.4 Å². The fraction of sp³-hybridized carbons (Fsp3) is 0.478. The van der Waals surface area contributed by atoms with Crippen molar-refractivity contribution in [3.05, 3.63) is 42.0 Å². The molecule has 140 valence electrons. The molecule has 1 aliphatic heterocycles. The topological polar surface area (TPSA) is 18.5 Å². The summed E-state index contributed by atoms with van der Waals surface area (Å²) in [6, 6.07) is 12.8. The van der Waals surface area contributed by atoms with E-state index in [9.17, 15) is 0 Å². The number of hydrogen-bond donors (Lipinski definition) is 0. The predicted octanol–water partition coefficient (Wildman–Crippen LogP) is 6.26. The largest absolute Gasteiger partial charge is 0.496 e. The van der Waals surface area contributed by atoms with Gasteiger partial charge < -0.3 is 9.47 Å². The number of hydrogen-bond acceptors (Lipinski definition) is 2. The molecule has 3 heteroatoms. The molecule has 0 N–H and O–H groups in total. The van der Waals surface area contributed by atoms with Crippen LogP contribution >= 0.6 is 7.26 Å². The van der Waals surface area contributed by atoms with E-state index in [1.165, 1.54) is 22.0 Å². The highest BCUT2D eigenvalue weighted by molar-refractivity contribution is 7.86. The molecule has 2 aromatic rings. The van der Waals surface area contributed by atoms with Gasteiger partial charge in [-0.05, 0) is 72.2 Å². The Labute approximate surface area is 159 Å². The van der Waals surface area contributed by atoms with E-state index in [1.54, 1.807) is 7.11 Å². The maximum absolute atomic E-state index is 6.35. The van der Waals surface area contributed by atoms with E-state index in [2.05, 4.69) is 84.9 Å². The van der Waals surface area contributed by atoms with Gasteiger partial charge in [0.1, 0.15) is 18.3 Å². The molecule has 0 bridgehead atoms. The summed E-state index contributed by atoms with van der Waals surface area (Å²) >= 11 is 0. The van der Waals surface area contributed by atoms with E-state index < -0.39 is 7.26 Å². The van der Waals surface area contributed by atoms with Crippen LogP contribution in [0, 0.1) is 6.92 Å². The van der Waals surface area contributed by atoms with Crippen LogP contribution in [0.25, 0.3) is 11.1 Å². The molecular weight excluding hydrogens is 339 g/mol. The van der Waals surface area contributed by atoms with Crippen LogP contribution < -0.4 is 14.8 Å². The van der Waals surface area contributed by atoms with Crippen LogP contribution in [0.1, 0.15) is 47.1 Å². The first-order valence-corrected chi connectivity index (χ1v) is 11.3. The molecule has 0 radical (unpaired) electrons. The summed E-state index contributed by atoms with van der Waals surface area (Å²) in [5.74, 6) is 2.00. The van der Waals surface area contributed by atoms with E-state index in [4.69, 9.17) is 9.47 Å². The second-order valence-corrected chi connectivity index (χ2v) is 14.2. The van der Waals surface area contributed by atoms with Crippen LogP contribution in [-0.4, -0.2) is 23.8 Å². The highest BCUT2D eigenvalue weighted by Crippen LogP contribution is 2.79. The first-order valence-electron chi connectivity index (χ1n) is 9.33. The van der Waals surface area contributed by atoms with Gasteiger partial charge in [-0.3, -0.25) is 0 Å². The summed E-state index contributed by atoms with van der Waals surface area (Å²) in [6.45, 7) is 16.5. The molecule has 0 unspecified atom stereocenters. The van der Waals surface area contributed by atoms with Crippen molar-refractivity contribution < 1.29 is 9.47 Å². The smallest absolute Gasteiger partial charge is 0.202 e. The second-order valence-electron chi connectivity index (χ2n) is 9.23. The van der Waals surface area contributed by atoms with Gasteiger partial charge in [-0.2, -0.15) is 0 Å². The maximum Gasteiger partial charge on any atom is 0.202 e. The monoisotopic (exact) mass is 371 g/mol. The van der Waals surface area contributed by atoms with E-state index >= 15 is 0 Å². The SMILES string of the molecule is COc1cccc(C)c1-c1cccc2c1[P+](C(C)(C)C)(C(C)(C)C)CO2.